The summed E-state index contributed by atoms with van der Waals surface area (Å²) in [6.07, 6.45) is 0.189. The summed E-state index contributed by atoms with van der Waals surface area (Å²) in [4.78, 5) is 37.9. The molecule has 1 aromatic rings. The minimum Gasteiger partial charge on any atom is -0.508 e. The fourth-order valence-electron chi connectivity index (χ4n) is 2.35. The summed E-state index contributed by atoms with van der Waals surface area (Å²) in [5.41, 5.74) is -1.18. The van der Waals surface area contributed by atoms with Gasteiger partial charge in [-0.25, -0.2) is 4.79 Å². The second kappa shape index (κ2) is 6.89. The molecule has 0 bridgehead atoms. The molecule has 7 nitrogen and oxygen atoms in total. The molecule has 1 heterocycles. The number of phenolic OH excluding ortho intramolecular Hbond substituents is 1. The van der Waals surface area contributed by atoms with Crippen molar-refractivity contribution >= 4 is 34.8 Å². The Morgan fingerprint density at radius 3 is 2.23 bits per heavy atom. The third kappa shape index (κ3) is 3.28. The number of phenols is 1. The first-order valence-corrected chi connectivity index (χ1v) is 6.47. The van der Waals surface area contributed by atoms with Crippen LogP contribution < -0.4 is 10.6 Å². The molecular formula is C14H18BrN3O4. The average molecular weight is 372 g/mol. The van der Waals surface area contributed by atoms with E-state index in [9.17, 15) is 19.5 Å². The molecule has 1 aromatic carbocycles. The molecule has 3 N–H and O–H groups in total. The van der Waals surface area contributed by atoms with Crippen LogP contribution in [0, 0.1) is 0 Å². The monoisotopic (exact) mass is 371 g/mol. The van der Waals surface area contributed by atoms with Crippen molar-refractivity contribution in [3.05, 3.63) is 29.8 Å². The van der Waals surface area contributed by atoms with Crippen molar-refractivity contribution in [2.75, 3.05) is 20.6 Å². The molecule has 1 saturated heterocycles. The first-order chi connectivity index (χ1) is 9.86. The summed E-state index contributed by atoms with van der Waals surface area (Å²) >= 11 is 0. The Hall–Kier alpha value is -1.93. The molecule has 120 valence electrons. The van der Waals surface area contributed by atoms with Gasteiger partial charge in [0.2, 0.25) is 11.8 Å². The number of carbonyl (C=O) groups excluding carboxylic acids is 3. The average Bonchev–Trinajstić information content (AvgIpc) is 2.37. The van der Waals surface area contributed by atoms with E-state index in [0.29, 0.717) is 12.1 Å². The number of aromatic hydroxyl groups is 1. The van der Waals surface area contributed by atoms with Gasteiger partial charge in [-0.1, -0.05) is 12.1 Å². The maximum atomic E-state index is 12.4. The van der Waals surface area contributed by atoms with Crippen molar-refractivity contribution < 1.29 is 19.5 Å². The van der Waals surface area contributed by atoms with Crippen LogP contribution in [-0.4, -0.2) is 48.5 Å². The molecule has 4 amide bonds. The number of imide groups is 2. The van der Waals surface area contributed by atoms with E-state index in [1.165, 1.54) is 12.1 Å². The van der Waals surface area contributed by atoms with Crippen molar-refractivity contribution in [3.63, 3.8) is 0 Å². The zero-order valence-corrected chi connectivity index (χ0v) is 14.0. The lowest BCUT2D eigenvalue weighted by Gasteiger charge is -2.35. The van der Waals surface area contributed by atoms with Crippen LogP contribution >= 0.6 is 17.0 Å². The first kappa shape index (κ1) is 18.1. The lowest BCUT2D eigenvalue weighted by Crippen LogP contribution is -2.65. The topological polar surface area (TPSA) is 98.7 Å². The van der Waals surface area contributed by atoms with Crippen LogP contribution in [-0.2, 0) is 15.0 Å². The summed E-state index contributed by atoms with van der Waals surface area (Å²) in [6.45, 7) is 0.463. The van der Waals surface area contributed by atoms with Crippen molar-refractivity contribution in [3.8, 4) is 5.75 Å². The number of halogens is 1. The van der Waals surface area contributed by atoms with Gasteiger partial charge in [-0.15, -0.1) is 17.0 Å². The first-order valence-electron chi connectivity index (χ1n) is 6.47. The van der Waals surface area contributed by atoms with Gasteiger partial charge in [0.05, 0.1) is 0 Å². The van der Waals surface area contributed by atoms with E-state index in [-0.39, 0.29) is 29.2 Å². The van der Waals surface area contributed by atoms with Gasteiger partial charge in [-0.2, -0.15) is 0 Å². The van der Waals surface area contributed by atoms with Crippen LogP contribution in [0.15, 0.2) is 24.3 Å². The number of amides is 4. The molecule has 1 aliphatic rings. The predicted molar refractivity (Wildman–Crippen MR) is 85.0 cm³/mol. The number of hydrogen-bond donors (Lipinski definition) is 3. The molecule has 0 unspecified atom stereocenters. The Kier molecular flexibility index (Phi) is 5.67. The third-order valence-electron chi connectivity index (χ3n) is 3.50. The second-order valence-electron chi connectivity index (χ2n) is 5.25. The van der Waals surface area contributed by atoms with E-state index < -0.39 is 23.3 Å². The molecule has 0 aromatic heterocycles. The highest BCUT2D eigenvalue weighted by Gasteiger charge is 2.51. The van der Waals surface area contributed by atoms with E-state index >= 15 is 0 Å². The van der Waals surface area contributed by atoms with Gasteiger partial charge in [-0.05, 0) is 44.8 Å². The minimum atomic E-state index is -1.53. The molecule has 0 aliphatic carbocycles. The minimum absolute atomic E-state index is 0. The molecule has 22 heavy (non-hydrogen) atoms. The lowest BCUT2D eigenvalue weighted by molar-refractivity contribution is -0.139. The summed E-state index contributed by atoms with van der Waals surface area (Å²) in [5.74, 6) is -1.40. The lowest BCUT2D eigenvalue weighted by atomic mass is 9.74. The summed E-state index contributed by atoms with van der Waals surface area (Å²) < 4.78 is 0. The number of urea groups is 1. The van der Waals surface area contributed by atoms with Gasteiger partial charge in [0.25, 0.3) is 0 Å². The van der Waals surface area contributed by atoms with Crippen LogP contribution in [0.2, 0.25) is 0 Å². The molecule has 2 rings (SSSR count). The van der Waals surface area contributed by atoms with E-state index in [0.717, 1.165) is 0 Å². The zero-order chi connectivity index (χ0) is 15.6. The number of nitrogens with one attached hydrogen (secondary N) is 2. The van der Waals surface area contributed by atoms with Gasteiger partial charge in [-0.3, -0.25) is 20.2 Å². The summed E-state index contributed by atoms with van der Waals surface area (Å²) in [6, 6.07) is 5.13. The molecule has 8 heteroatoms. The van der Waals surface area contributed by atoms with Crippen LogP contribution in [0.25, 0.3) is 0 Å². The normalized spacial score (nSPS) is 16.8. The quantitative estimate of drug-likeness (QED) is 0.670. The molecule has 0 atom stereocenters. The van der Waals surface area contributed by atoms with E-state index in [1.54, 1.807) is 12.1 Å². The van der Waals surface area contributed by atoms with Crippen LogP contribution in [0.3, 0.4) is 0 Å². The highest BCUT2D eigenvalue weighted by molar-refractivity contribution is 8.93. The van der Waals surface area contributed by atoms with Crippen molar-refractivity contribution in [1.82, 2.24) is 15.5 Å². The molecular weight excluding hydrogens is 354 g/mol. The number of benzene rings is 1. The zero-order valence-electron chi connectivity index (χ0n) is 12.3. The van der Waals surface area contributed by atoms with Gasteiger partial charge >= 0.3 is 6.03 Å². The van der Waals surface area contributed by atoms with E-state index in [2.05, 4.69) is 10.6 Å². The van der Waals surface area contributed by atoms with Crippen molar-refractivity contribution in [2.45, 2.75) is 11.8 Å². The fraction of sp³-hybridized carbons (Fsp3) is 0.357. The molecule has 0 radical (unpaired) electrons. The highest BCUT2D eigenvalue weighted by atomic mass is 79.9. The maximum absolute atomic E-state index is 12.4. The fourth-order valence-corrected chi connectivity index (χ4v) is 2.35. The molecule has 0 saturated carbocycles. The van der Waals surface area contributed by atoms with E-state index in [1.807, 2.05) is 19.0 Å². The summed E-state index contributed by atoms with van der Waals surface area (Å²) in [7, 11) is 3.64. The highest BCUT2D eigenvalue weighted by Crippen LogP contribution is 2.32. The number of carbonyl (C=O) groups is 3. The Bertz CT molecular complexity index is 584. The number of barbiturate groups is 1. The number of hydrogen-bond acceptors (Lipinski definition) is 5. The van der Waals surface area contributed by atoms with Crippen LogP contribution in [0.1, 0.15) is 12.0 Å². The number of nitrogens with zero attached hydrogens (tertiary/aromatic N) is 1. The number of rotatable bonds is 4. The smallest absolute Gasteiger partial charge is 0.328 e. The standard InChI is InChI=1S/C14H17N3O4.BrH/c1-17(2)7-6-14(9-4-3-5-10(18)8-9)11(19)15-13(21)16-12(14)20;/h3-5,8,18H,6-7H2,1-2H3,(H2,15,16,19,20,21);1H. The SMILES string of the molecule is Br.CN(C)CCC1(c2cccc(O)c2)C(=O)NC(=O)NC1=O. The Balaban J connectivity index is 0.00000242. The second-order valence-corrected chi connectivity index (χ2v) is 5.25. The van der Waals surface area contributed by atoms with Crippen molar-refractivity contribution in [2.24, 2.45) is 0 Å². The van der Waals surface area contributed by atoms with Crippen LogP contribution in [0.5, 0.6) is 5.75 Å². The summed E-state index contributed by atoms with van der Waals surface area (Å²) in [5, 5.41) is 13.9. The third-order valence-corrected chi connectivity index (χ3v) is 3.50. The van der Waals surface area contributed by atoms with Crippen molar-refractivity contribution in [1.29, 1.82) is 0 Å². The Morgan fingerprint density at radius 2 is 1.73 bits per heavy atom. The molecule has 1 aliphatic heterocycles. The Morgan fingerprint density at radius 1 is 1.14 bits per heavy atom. The molecule has 1 fully saturated rings. The Labute approximate surface area is 138 Å². The van der Waals surface area contributed by atoms with Gasteiger partial charge in [0.1, 0.15) is 5.75 Å². The van der Waals surface area contributed by atoms with Crippen LogP contribution in [0.4, 0.5) is 4.79 Å². The van der Waals surface area contributed by atoms with Gasteiger partial charge in [0, 0.05) is 0 Å². The van der Waals surface area contributed by atoms with Gasteiger partial charge in [0.15, 0.2) is 5.41 Å². The largest absolute Gasteiger partial charge is 0.508 e. The van der Waals surface area contributed by atoms with E-state index in [4.69, 9.17) is 0 Å². The maximum Gasteiger partial charge on any atom is 0.328 e. The molecule has 0 spiro atoms. The predicted octanol–water partition coefficient (Wildman–Crippen LogP) is 0.526. The van der Waals surface area contributed by atoms with Gasteiger partial charge < -0.3 is 10.0 Å².